The molecule has 6 heteroatoms. The molecule has 3 aromatic heterocycles. The summed E-state index contributed by atoms with van der Waals surface area (Å²) in [5.41, 5.74) is 11.3. The van der Waals surface area contributed by atoms with Crippen molar-refractivity contribution in [3.8, 4) is 17.1 Å². The highest BCUT2D eigenvalue weighted by Gasteiger charge is 2.32. The smallest absolute Gasteiger partial charge is 0.149 e. The first-order valence-electron chi connectivity index (χ1n) is 14.0. The van der Waals surface area contributed by atoms with Crippen molar-refractivity contribution < 1.29 is 0 Å². The van der Waals surface area contributed by atoms with Crippen LogP contribution >= 0.6 is 0 Å². The lowest BCUT2D eigenvalue weighted by Crippen LogP contribution is -2.20. The van der Waals surface area contributed by atoms with Crippen molar-refractivity contribution in [3.05, 3.63) is 121 Å². The lowest BCUT2D eigenvalue weighted by atomic mass is 10.0. The fourth-order valence-electron chi connectivity index (χ4n) is 6.44. The summed E-state index contributed by atoms with van der Waals surface area (Å²) in [5, 5.41) is 1.03. The van der Waals surface area contributed by atoms with Crippen molar-refractivity contribution in [2.45, 2.75) is 13.3 Å². The van der Waals surface area contributed by atoms with E-state index in [1.54, 1.807) is 0 Å². The number of hydrogen-bond acceptors (Lipinski definition) is 4. The third kappa shape index (κ3) is 2.99. The number of aryl methyl sites for hydroxylation is 1. The number of benzene rings is 5. The summed E-state index contributed by atoms with van der Waals surface area (Å²) in [5.74, 6) is 1.90. The van der Waals surface area contributed by atoms with Crippen LogP contribution in [0.25, 0.3) is 55.7 Å². The Kier molecular flexibility index (Phi) is 4.50. The molecule has 0 unspecified atom stereocenters. The van der Waals surface area contributed by atoms with Crippen LogP contribution in [0.3, 0.4) is 0 Å². The van der Waals surface area contributed by atoms with E-state index in [0.29, 0.717) is 0 Å². The van der Waals surface area contributed by atoms with E-state index in [-0.39, 0.29) is 0 Å². The van der Waals surface area contributed by atoms with E-state index in [4.69, 9.17) is 15.0 Å². The predicted molar refractivity (Wildman–Crippen MR) is 166 cm³/mol. The van der Waals surface area contributed by atoms with Crippen LogP contribution in [-0.2, 0) is 6.42 Å². The van der Waals surface area contributed by atoms with Gasteiger partial charge < -0.3 is 4.90 Å². The van der Waals surface area contributed by atoms with E-state index in [2.05, 4.69) is 124 Å². The zero-order chi connectivity index (χ0) is 27.1. The van der Waals surface area contributed by atoms with Gasteiger partial charge in [0.2, 0.25) is 0 Å². The Bertz CT molecular complexity index is 2310. The van der Waals surface area contributed by atoms with Crippen LogP contribution in [0.2, 0.25) is 0 Å². The minimum Gasteiger partial charge on any atom is -0.306 e. The normalized spacial score (nSPS) is 12.6. The molecule has 5 aromatic carbocycles. The van der Waals surface area contributed by atoms with E-state index in [1.807, 2.05) is 12.1 Å². The molecular weight excluding hydrogens is 504 g/mol. The van der Waals surface area contributed by atoms with Gasteiger partial charge in [-0.1, -0.05) is 61.5 Å². The van der Waals surface area contributed by atoms with Crippen molar-refractivity contribution >= 4 is 55.7 Å². The van der Waals surface area contributed by atoms with Crippen LogP contribution in [0.5, 0.6) is 0 Å². The zero-order valence-electron chi connectivity index (χ0n) is 22.4. The quantitative estimate of drug-likeness (QED) is 0.231. The fourth-order valence-corrected chi connectivity index (χ4v) is 6.44. The Morgan fingerprint density at radius 3 is 2.20 bits per heavy atom. The summed E-state index contributed by atoms with van der Waals surface area (Å²) >= 11 is 0. The molecule has 0 saturated carbocycles. The molecule has 0 amide bonds. The van der Waals surface area contributed by atoms with Gasteiger partial charge in [0.05, 0.1) is 44.6 Å². The van der Waals surface area contributed by atoms with E-state index in [0.717, 1.165) is 85.0 Å². The molecule has 4 heterocycles. The van der Waals surface area contributed by atoms with Crippen molar-refractivity contribution in [1.82, 2.24) is 23.9 Å². The molecule has 6 nitrogen and oxygen atoms in total. The van der Waals surface area contributed by atoms with Crippen LogP contribution in [0, 0.1) is 0 Å². The number of hydrogen-bond donors (Lipinski definition) is 0. The number of rotatable bonds is 3. The summed E-state index contributed by atoms with van der Waals surface area (Å²) in [7, 11) is 0. The van der Waals surface area contributed by atoms with Gasteiger partial charge >= 0.3 is 0 Å². The maximum absolute atomic E-state index is 5.34. The predicted octanol–water partition coefficient (Wildman–Crippen LogP) is 8.39. The average Bonchev–Trinajstić information content (AvgIpc) is 3.61. The van der Waals surface area contributed by atoms with Crippen molar-refractivity contribution in [2.75, 3.05) is 4.90 Å². The molecule has 194 valence electrons. The third-order valence-corrected chi connectivity index (χ3v) is 8.16. The van der Waals surface area contributed by atoms with Gasteiger partial charge in [-0.05, 0) is 60.7 Å². The van der Waals surface area contributed by atoms with Crippen molar-refractivity contribution in [2.24, 2.45) is 0 Å². The Labute approximate surface area is 235 Å². The van der Waals surface area contributed by atoms with Gasteiger partial charge in [-0.15, -0.1) is 0 Å². The molecule has 8 aromatic rings. The second kappa shape index (κ2) is 8.26. The van der Waals surface area contributed by atoms with Gasteiger partial charge in [0, 0.05) is 23.1 Å². The molecule has 0 N–H and O–H groups in total. The van der Waals surface area contributed by atoms with Crippen LogP contribution in [0.1, 0.15) is 12.7 Å². The van der Waals surface area contributed by atoms with E-state index in [1.165, 1.54) is 0 Å². The van der Waals surface area contributed by atoms with Gasteiger partial charge in [0.1, 0.15) is 17.3 Å². The van der Waals surface area contributed by atoms with Gasteiger partial charge in [-0.3, -0.25) is 8.97 Å². The monoisotopic (exact) mass is 528 g/mol. The summed E-state index contributed by atoms with van der Waals surface area (Å²) < 4.78 is 4.56. The second-order valence-electron chi connectivity index (χ2n) is 10.4. The third-order valence-electron chi connectivity index (χ3n) is 8.16. The first-order valence-corrected chi connectivity index (χ1v) is 14.0. The minimum absolute atomic E-state index is 0.827. The molecular formula is C35H24N6. The highest BCUT2D eigenvalue weighted by atomic mass is 15.2. The Morgan fingerprint density at radius 1 is 0.610 bits per heavy atom. The van der Waals surface area contributed by atoms with Gasteiger partial charge in [0.25, 0.3) is 0 Å². The number of nitrogens with zero attached hydrogens (tertiary/aromatic N) is 6. The van der Waals surface area contributed by atoms with Crippen LogP contribution < -0.4 is 4.90 Å². The molecule has 0 saturated heterocycles. The number of aromatic nitrogens is 5. The average molecular weight is 529 g/mol. The molecule has 0 fully saturated rings. The van der Waals surface area contributed by atoms with Crippen molar-refractivity contribution in [3.63, 3.8) is 0 Å². The molecule has 1 aliphatic heterocycles. The van der Waals surface area contributed by atoms with E-state index >= 15 is 0 Å². The molecule has 9 rings (SSSR count). The molecule has 0 bridgehead atoms. The van der Waals surface area contributed by atoms with Crippen LogP contribution in [0.15, 0.2) is 115 Å². The van der Waals surface area contributed by atoms with Crippen LogP contribution in [-0.4, -0.2) is 23.9 Å². The number of fused-ring (bicyclic) bond motifs is 7. The minimum atomic E-state index is 0.827. The maximum Gasteiger partial charge on any atom is 0.149 e. The molecule has 0 atom stereocenters. The van der Waals surface area contributed by atoms with Crippen LogP contribution in [0.4, 0.5) is 17.1 Å². The van der Waals surface area contributed by atoms with Gasteiger partial charge in [-0.2, -0.15) is 0 Å². The van der Waals surface area contributed by atoms with Crippen molar-refractivity contribution in [1.29, 1.82) is 0 Å². The lowest BCUT2D eigenvalue weighted by molar-refractivity contribution is 0.900. The number of imidazole rings is 2. The highest BCUT2D eigenvalue weighted by molar-refractivity contribution is 6.08. The summed E-state index contributed by atoms with van der Waals surface area (Å²) in [4.78, 5) is 17.9. The van der Waals surface area contributed by atoms with E-state index in [9.17, 15) is 0 Å². The topological polar surface area (TPSA) is 51.2 Å². The molecule has 0 aliphatic carbocycles. The SMILES string of the molecule is CCc1nc2ccc(-c3nc4ccccc4c4nc5ccccc5n34)c3c2n1-c1ccccc1N3c1ccccc1. The second-order valence-corrected chi connectivity index (χ2v) is 10.4. The largest absolute Gasteiger partial charge is 0.306 e. The number of anilines is 3. The first-order chi connectivity index (χ1) is 20.3. The summed E-state index contributed by atoms with van der Waals surface area (Å²) in [6.07, 6.45) is 0.827. The summed E-state index contributed by atoms with van der Waals surface area (Å²) in [6, 6.07) is 40.1. The standard InChI is InChI=1S/C35H24N6/c1-2-31-36-27-21-20-24(32-33(27)40(31)30-19-11-10-18-29(30)39(32)22-12-4-3-5-13-22)35-37-25-15-7-6-14-23(25)34-38-26-16-8-9-17-28(26)41(34)35/h3-21H,2H2,1H3. The highest BCUT2D eigenvalue weighted by Crippen LogP contribution is 2.51. The summed E-state index contributed by atoms with van der Waals surface area (Å²) in [6.45, 7) is 2.17. The lowest BCUT2D eigenvalue weighted by Gasteiger charge is -2.34. The van der Waals surface area contributed by atoms with E-state index < -0.39 is 0 Å². The van der Waals surface area contributed by atoms with Gasteiger partial charge in [0.15, 0.2) is 0 Å². The molecule has 0 spiro atoms. The number of para-hydroxylation sites is 6. The molecule has 0 radical (unpaired) electrons. The Morgan fingerprint density at radius 2 is 1.34 bits per heavy atom. The molecule has 41 heavy (non-hydrogen) atoms. The Hall–Kier alpha value is -5.49. The first kappa shape index (κ1) is 22.3. The van der Waals surface area contributed by atoms with Gasteiger partial charge in [-0.25, -0.2) is 15.0 Å². The fraction of sp³-hybridized carbons (Fsp3) is 0.0571. The molecule has 1 aliphatic rings. The Balaban J connectivity index is 1.50. The maximum atomic E-state index is 5.34. The zero-order valence-corrected chi connectivity index (χ0v) is 22.4.